The van der Waals surface area contributed by atoms with Gasteiger partial charge in [0.1, 0.15) is 19.1 Å². The molecule has 0 aromatic heterocycles. The minimum absolute atomic E-state index is 0.230. The zero-order valence-electron chi connectivity index (χ0n) is 9.37. The molecule has 2 nitrogen and oxygen atoms in total. The van der Waals surface area contributed by atoms with E-state index < -0.39 is 19.0 Å². The molecule has 0 N–H and O–H groups in total. The van der Waals surface area contributed by atoms with E-state index in [1.54, 1.807) is 24.3 Å². The zero-order valence-corrected chi connectivity index (χ0v) is 9.37. The Bertz CT molecular complexity index is 476. The number of carbonyl (C=O) groups is 1. The molecule has 1 aliphatic rings. The van der Waals surface area contributed by atoms with Crippen LogP contribution in [-0.2, 0) is 4.79 Å². The number of halogens is 2. The molecule has 0 saturated heterocycles. The van der Waals surface area contributed by atoms with Crippen molar-refractivity contribution in [1.82, 2.24) is 0 Å². The second kappa shape index (κ2) is 4.28. The minimum Gasteiger partial charge on any atom is -0.477 e. The number of allylic oxidation sites excluding steroid dienone is 1. The number of ketones is 1. The number of Topliss-reactive ketones (excluding diaryl/α,β-unsaturated/α-hetero) is 1. The third kappa shape index (κ3) is 1.95. The van der Waals surface area contributed by atoms with Crippen LogP contribution in [0.3, 0.4) is 0 Å². The van der Waals surface area contributed by atoms with Crippen LogP contribution in [-0.4, -0.2) is 24.7 Å². The number of alkyl halides is 2. The summed E-state index contributed by atoms with van der Waals surface area (Å²) >= 11 is 0. The molecule has 4 heteroatoms. The molecule has 2 rings (SSSR count). The fourth-order valence-electron chi connectivity index (χ4n) is 1.83. The highest BCUT2D eigenvalue weighted by atomic mass is 19.1. The highest BCUT2D eigenvalue weighted by Gasteiger charge is 2.36. The molecule has 0 aliphatic carbocycles. The summed E-state index contributed by atoms with van der Waals surface area (Å²) in [6.45, 7) is -0.640. The van der Waals surface area contributed by atoms with E-state index in [2.05, 4.69) is 0 Å². The van der Waals surface area contributed by atoms with Gasteiger partial charge in [-0.05, 0) is 19.1 Å². The number of hydrogen-bond acceptors (Lipinski definition) is 2. The predicted molar refractivity (Wildman–Crippen MR) is 60.4 cm³/mol. The molecule has 0 fully saturated rings. The van der Waals surface area contributed by atoms with E-state index in [1.807, 2.05) is 0 Å². The summed E-state index contributed by atoms with van der Waals surface area (Å²) in [4.78, 5) is 11.5. The summed E-state index contributed by atoms with van der Waals surface area (Å²) in [5.41, 5.74) is -0.769. The molecule has 1 aromatic carbocycles. The largest absolute Gasteiger partial charge is 0.477 e. The lowest BCUT2D eigenvalue weighted by Gasteiger charge is -2.32. The molecule has 0 bridgehead atoms. The van der Waals surface area contributed by atoms with Gasteiger partial charge in [-0.2, -0.15) is 0 Å². The van der Waals surface area contributed by atoms with Crippen LogP contribution in [0.2, 0.25) is 0 Å². The molecule has 0 unspecified atom stereocenters. The van der Waals surface area contributed by atoms with Gasteiger partial charge in [0.25, 0.3) is 0 Å². The summed E-state index contributed by atoms with van der Waals surface area (Å²) in [6, 6.07) is 6.74. The minimum atomic E-state index is -1.66. The van der Waals surface area contributed by atoms with Crippen molar-refractivity contribution in [2.75, 3.05) is 13.3 Å². The van der Waals surface area contributed by atoms with E-state index in [0.29, 0.717) is 16.9 Å². The highest BCUT2D eigenvalue weighted by Crippen LogP contribution is 2.36. The number of hydrogen-bond donors (Lipinski definition) is 0. The number of benzene rings is 1. The summed E-state index contributed by atoms with van der Waals surface area (Å²) in [5.74, 6) is 0.113. The Kier molecular flexibility index (Phi) is 2.96. The molecule has 0 spiro atoms. The maximum absolute atomic E-state index is 12.9. The Morgan fingerprint density at radius 1 is 1.29 bits per heavy atom. The summed E-state index contributed by atoms with van der Waals surface area (Å²) < 4.78 is 31.2. The Hall–Kier alpha value is -1.71. The molecule has 0 saturated carbocycles. The first-order chi connectivity index (χ1) is 8.12. The van der Waals surface area contributed by atoms with Gasteiger partial charge in [0.05, 0.1) is 0 Å². The number of rotatable bonds is 3. The van der Waals surface area contributed by atoms with Gasteiger partial charge in [-0.15, -0.1) is 0 Å². The number of ether oxygens (including phenoxy) is 1. The van der Waals surface area contributed by atoms with Gasteiger partial charge in [-0.25, -0.2) is 8.78 Å². The van der Waals surface area contributed by atoms with Crippen molar-refractivity contribution in [1.29, 1.82) is 0 Å². The lowest BCUT2D eigenvalue weighted by molar-refractivity contribution is -0.112. The maximum Gasteiger partial charge on any atom is 0.184 e. The fraction of sp³-hybridized carbons (Fsp3) is 0.308. The van der Waals surface area contributed by atoms with E-state index in [4.69, 9.17) is 4.74 Å². The van der Waals surface area contributed by atoms with Crippen molar-refractivity contribution in [3.8, 4) is 5.75 Å². The third-order valence-electron chi connectivity index (χ3n) is 2.73. The van der Waals surface area contributed by atoms with E-state index in [0.717, 1.165) is 0 Å². The van der Waals surface area contributed by atoms with Gasteiger partial charge in [0.15, 0.2) is 11.4 Å². The average molecular weight is 238 g/mol. The Balaban J connectivity index is 2.58. The van der Waals surface area contributed by atoms with Crippen LogP contribution in [0.15, 0.2) is 30.3 Å². The van der Waals surface area contributed by atoms with Gasteiger partial charge >= 0.3 is 0 Å². The van der Waals surface area contributed by atoms with Crippen molar-refractivity contribution >= 4 is 11.4 Å². The lowest BCUT2D eigenvalue weighted by atomic mass is 9.92. The van der Waals surface area contributed by atoms with Gasteiger partial charge in [0.2, 0.25) is 0 Å². The maximum atomic E-state index is 12.9. The average Bonchev–Trinajstić information content (AvgIpc) is 2.37. The lowest BCUT2D eigenvalue weighted by Crippen LogP contribution is -2.41. The van der Waals surface area contributed by atoms with Crippen LogP contribution in [0.4, 0.5) is 8.78 Å². The van der Waals surface area contributed by atoms with Crippen LogP contribution in [0, 0.1) is 0 Å². The molecule has 17 heavy (non-hydrogen) atoms. The van der Waals surface area contributed by atoms with Crippen molar-refractivity contribution in [3.63, 3.8) is 0 Å². The van der Waals surface area contributed by atoms with Gasteiger partial charge in [0, 0.05) is 11.1 Å². The number of carbonyl (C=O) groups excluding carboxylic acids is 1. The van der Waals surface area contributed by atoms with Crippen LogP contribution < -0.4 is 4.74 Å². The van der Waals surface area contributed by atoms with Gasteiger partial charge in [-0.3, -0.25) is 4.79 Å². The SMILES string of the molecule is CC(=O)C1=CC(CF)(CF)Oc2ccccc21. The van der Waals surface area contributed by atoms with Crippen molar-refractivity contribution in [3.05, 3.63) is 35.9 Å². The smallest absolute Gasteiger partial charge is 0.184 e. The molecule has 0 radical (unpaired) electrons. The van der Waals surface area contributed by atoms with Gasteiger partial charge < -0.3 is 4.74 Å². The van der Waals surface area contributed by atoms with Crippen molar-refractivity contribution in [2.45, 2.75) is 12.5 Å². The quantitative estimate of drug-likeness (QED) is 0.809. The van der Waals surface area contributed by atoms with E-state index in [9.17, 15) is 13.6 Å². The molecule has 0 atom stereocenters. The first-order valence-corrected chi connectivity index (χ1v) is 5.26. The van der Waals surface area contributed by atoms with Crippen molar-refractivity contribution < 1.29 is 18.3 Å². The zero-order chi connectivity index (χ0) is 12.5. The van der Waals surface area contributed by atoms with Crippen molar-refractivity contribution in [2.24, 2.45) is 0 Å². The molecular formula is C13H12F2O2. The predicted octanol–water partition coefficient (Wildman–Crippen LogP) is 2.73. The monoisotopic (exact) mass is 238 g/mol. The molecule has 0 amide bonds. The Morgan fingerprint density at radius 2 is 1.94 bits per heavy atom. The van der Waals surface area contributed by atoms with Crippen LogP contribution >= 0.6 is 0 Å². The molecule has 1 aliphatic heterocycles. The van der Waals surface area contributed by atoms with Gasteiger partial charge in [-0.1, -0.05) is 18.2 Å². The Labute approximate surface area is 97.9 Å². The standard InChI is InChI=1S/C13H12F2O2/c1-9(16)11-6-13(7-14,8-15)17-12-5-3-2-4-10(11)12/h2-6H,7-8H2,1H3. The topological polar surface area (TPSA) is 26.3 Å². The Morgan fingerprint density at radius 3 is 2.53 bits per heavy atom. The third-order valence-corrected chi connectivity index (χ3v) is 2.73. The summed E-state index contributed by atoms with van der Waals surface area (Å²) in [5, 5.41) is 0. The molecule has 1 heterocycles. The fourth-order valence-corrected chi connectivity index (χ4v) is 1.83. The van der Waals surface area contributed by atoms with E-state index in [-0.39, 0.29) is 5.78 Å². The highest BCUT2D eigenvalue weighted by molar-refractivity contribution is 6.20. The van der Waals surface area contributed by atoms with Crippen LogP contribution in [0.5, 0.6) is 5.75 Å². The number of para-hydroxylation sites is 1. The number of fused-ring (bicyclic) bond motifs is 1. The van der Waals surface area contributed by atoms with Crippen LogP contribution in [0.1, 0.15) is 12.5 Å². The molecular weight excluding hydrogens is 226 g/mol. The molecule has 90 valence electrons. The first kappa shape index (κ1) is 11.8. The second-order valence-electron chi connectivity index (χ2n) is 4.04. The first-order valence-electron chi connectivity index (χ1n) is 5.26. The normalized spacial score (nSPS) is 16.8. The molecule has 1 aromatic rings. The summed E-state index contributed by atoms with van der Waals surface area (Å²) in [7, 11) is 0. The summed E-state index contributed by atoms with van der Waals surface area (Å²) in [6.07, 6.45) is 1.25. The van der Waals surface area contributed by atoms with E-state index in [1.165, 1.54) is 13.0 Å². The van der Waals surface area contributed by atoms with Crippen LogP contribution in [0.25, 0.3) is 5.57 Å². The van der Waals surface area contributed by atoms with E-state index >= 15 is 0 Å². The second-order valence-corrected chi connectivity index (χ2v) is 4.04.